The van der Waals surface area contributed by atoms with Crippen LogP contribution in [0.5, 0.6) is 0 Å². The van der Waals surface area contributed by atoms with Gasteiger partial charge < -0.3 is 13.6 Å². The van der Waals surface area contributed by atoms with E-state index in [-0.39, 0.29) is 29.0 Å². The molecule has 0 bridgehead atoms. The van der Waals surface area contributed by atoms with Crippen LogP contribution in [0, 0.1) is 10.8 Å². The number of carbonyl (C=O) groups is 1. The third-order valence-electron chi connectivity index (χ3n) is 6.63. The van der Waals surface area contributed by atoms with E-state index < -0.39 is 18.1 Å². The predicted octanol–water partition coefficient (Wildman–Crippen LogP) is 9.45. The summed E-state index contributed by atoms with van der Waals surface area (Å²) in [4.78, 5) is 11.4. The fourth-order valence-corrected chi connectivity index (χ4v) is 6.73. The van der Waals surface area contributed by atoms with Crippen LogP contribution in [0.3, 0.4) is 0 Å². The molecule has 2 aromatic rings. The number of unbranched alkanes of at least 4 members (excludes halogenated alkanes) is 1. The molecule has 0 aliphatic heterocycles. The number of carbonyl (C=O) groups excluding carboxylic acids is 1. The highest BCUT2D eigenvalue weighted by Gasteiger charge is 2.32. The Bertz CT molecular complexity index is 1060. The van der Waals surface area contributed by atoms with Gasteiger partial charge in [-0.1, -0.05) is 84.0 Å². The van der Waals surface area contributed by atoms with Crippen molar-refractivity contribution in [1.82, 2.24) is 0 Å². The number of methoxy groups -OCH3 is 1. The van der Waals surface area contributed by atoms with Gasteiger partial charge in [0.15, 0.2) is 0 Å². The smallest absolute Gasteiger partial charge is 0.305 e. The Labute approximate surface area is 248 Å². The van der Waals surface area contributed by atoms with Crippen molar-refractivity contribution in [2.24, 2.45) is 10.8 Å². The molecule has 6 heteroatoms. The average molecular weight is 581 g/mol. The summed E-state index contributed by atoms with van der Waals surface area (Å²) in [6.07, 6.45) is 7.66. The molecule has 0 N–H and O–H groups in total. The number of benzene rings is 2. The van der Waals surface area contributed by atoms with E-state index in [0.29, 0.717) is 6.42 Å². The highest BCUT2D eigenvalue weighted by Crippen LogP contribution is 2.42. The van der Waals surface area contributed by atoms with E-state index in [0.717, 1.165) is 24.8 Å². The van der Waals surface area contributed by atoms with Crippen LogP contribution in [-0.2, 0) is 24.8 Å². The topological polar surface area (TPSA) is 44.8 Å². The summed E-state index contributed by atoms with van der Waals surface area (Å²) < 4.78 is 18.0. The van der Waals surface area contributed by atoms with E-state index in [2.05, 4.69) is 122 Å². The Hall–Kier alpha value is -2.00. The van der Waals surface area contributed by atoms with E-state index in [1.165, 1.54) is 29.4 Å². The third kappa shape index (κ3) is 11.5. The first-order valence-electron chi connectivity index (χ1n) is 14.5. The first-order valence-corrected chi connectivity index (χ1v) is 19.3. The molecule has 220 valence electrons. The van der Waals surface area contributed by atoms with Crippen molar-refractivity contribution >= 4 is 36.2 Å². The molecule has 0 spiro atoms. The lowest BCUT2D eigenvalue weighted by molar-refractivity contribution is -0.140. The van der Waals surface area contributed by atoms with Gasteiger partial charge in [-0.3, -0.25) is 4.79 Å². The Kier molecular flexibility index (Phi) is 13.1. The minimum atomic E-state index is -0.900. The fraction of sp³-hybridized carbons (Fsp3) is 0.559. The lowest BCUT2D eigenvalue weighted by Gasteiger charge is -2.36. The Morgan fingerprint density at radius 2 is 1.30 bits per heavy atom. The quantitative estimate of drug-likeness (QED) is 0.102. The highest BCUT2D eigenvalue weighted by atomic mass is 28.3. The standard InChI is InChI=1S/C34H52O4Si2/c1-33(2,3)31(37-39(8)9)28-22-27(23-29(24-28)32(34(4,5)6)38-40(10)11)20-19-26-17-14-16-25(21-26)15-12-13-18-30(35)36-7/h14,16-17,19-24,31-32H,12-13,15,18H2,1-11H3/b20-19+. The summed E-state index contributed by atoms with van der Waals surface area (Å²) in [5, 5.41) is 0. The SMILES string of the molecule is COC(=O)CCCCc1cccc(/C=C/c2cc(C(O[Si](C)C)C(C)(C)C)cc(C(O[Si](C)C)C(C)(C)C)c2)c1. The van der Waals surface area contributed by atoms with E-state index in [1.54, 1.807) is 0 Å². The van der Waals surface area contributed by atoms with Crippen LogP contribution < -0.4 is 0 Å². The fourth-order valence-electron chi connectivity index (χ4n) is 4.81. The Balaban J connectivity index is 2.46. The van der Waals surface area contributed by atoms with Crippen LogP contribution in [0.25, 0.3) is 12.2 Å². The molecule has 0 aliphatic rings. The summed E-state index contributed by atoms with van der Waals surface area (Å²) in [5.41, 5.74) is 5.98. The lowest BCUT2D eigenvalue weighted by Crippen LogP contribution is -2.28. The minimum absolute atomic E-state index is 0.00505. The van der Waals surface area contributed by atoms with Crippen molar-refractivity contribution in [3.8, 4) is 0 Å². The van der Waals surface area contributed by atoms with Crippen LogP contribution in [0.15, 0.2) is 42.5 Å². The second-order valence-corrected chi connectivity index (χ2v) is 17.4. The van der Waals surface area contributed by atoms with Crippen molar-refractivity contribution in [3.63, 3.8) is 0 Å². The summed E-state index contributed by atoms with van der Waals surface area (Å²) in [5.74, 6) is -0.137. The second-order valence-electron chi connectivity index (χ2n) is 13.3. The molecule has 0 aromatic heterocycles. The zero-order valence-corrected chi connectivity index (χ0v) is 28.8. The highest BCUT2D eigenvalue weighted by molar-refractivity contribution is 6.48. The zero-order valence-electron chi connectivity index (χ0n) is 26.8. The molecule has 2 aromatic carbocycles. The second kappa shape index (κ2) is 15.3. The summed E-state index contributed by atoms with van der Waals surface area (Å²) in [6, 6.07) is 15.6. The average Bonchev–Trinajstić information content (AvgIpc) is 2.85. The van der Waals surface area contributed by atoms with Gasteiger partial charge in [0.05, 0.1) is 19.3 Å². The van der Waals surface area contributed by atoms with E-state index in [9.17, 15) is 4.79 Å². The predicted molar refractivity (Wildman–Crippen MR) is 173 cm³/mol. The maximum atomic E-state index is 11.4. The van der Waals surface area contributed by atoms with E-state index in [4.69, 9.17) is 13.6 Å². The van der Waals surface area contributed by atoms with Crippen LogP contribution >= 0.6 is 0 Å². The van der Waals surface area contributed by atoms with Crippen molar-refractivity contribution in [2.75, 3.05) is 7.11 Å². The van der Waals surface area contributed by atoms with Gasteiger partial charge in [0.25, 0.3) is 0 Å². The van der Waals surface area contributed by atoms with Gasteiger partial charge in [-0.05, 0) is 96.2 Å². The summed E-state index contributed by atoms with van der Waals surface area (Å²) >= 11 is 0. The first kappa shape index (κ1) is 34.2. The molecule has 0 saturated heterocycles. The largest absolute Gasteiger partial charge is 0.469 e. The van der Waals surface area contributed by atoms with Gasteiger partial charge in [0.1, 0.15) is 0 Å². The summed E-state index contributed by atoms with van der Waals surface area (Å²) in [7, 11) is -0.355. The number of esters is 1. The number of rotatable bonds is 13. The van der Waals surface area contributed by atoms with Crippen LogP contribution in [-0.4, -0.2) is 31.2 Å². The molecule has 4 nitrogen and oxygen atoms in total. The maximum absolute atomic E-state index is 11.4. The van der Waals surface area contributed by atoms with Crippen molar-refractivity contribution in [3.05, 3.63) is 70.3 Å². The molecule has 0 fully saturated rings. The van der Waals surface area contributed by atoms with Gasteiger partial charge in [-0.2, -0.15) is 0 Å². The molecule has 0 aliphatic carbocycles. The molecular formula is C34H52O4Si2. The molecule has 2 rings (SSSR count). The van der Waals surface area contributed by atoms with Crippen molar-refractivity contribution < 1.29 is 18.4 Å². The van der Waals surface area contributed by atoms with Crippen LogP contribution in [0.4, 0.5) is 0 Å². The zero-order chi connectivity index (χ0) is 30.1. The molecule has 40 heavy (non-hydrogen) atoms. The Morgan fingerprint density at radius 3 is 1.77 bits per heavy atom. The molecule has 0 heterocycles. The first-order chi connectivity index (χ1) is 18.6. The van der Waals surface area contributed by atoms with E-state index >= 15 is 0 Å². The summed E-state index contributed by atoms with van der Waals surface area (Å²) in [6.45, 7) is 22.4. The molecular weight excluding hydrogens is 529 g/mol. The normalized spacial score (nSPS) is 14.2. The maximum Gasteiger partial charge on any atom is 0.305 e. The molecule has 0 amide bonds. The van der Waals surface area contributed by atoms with Gasteiger partial charge >= 0.3 is 5.97 Å². The van der Waals surface area contributed by atoms with E-state index in [1.807, 2.05) is 0 Å². The van der Waals surface area contributed by atoms with Crippen LogP contribution in [0.2, 0.25) is 26.2 Å². The third-order valence-corrected chi connectivity index (χ3v) is 8.04. The molecule has 2 atom stereocenters. The van der Waals surface area contributed by atoms with Crippen LogP contribution in [0.1, 0.15) is 101 Å². The number of aryl methyl sites for hydroxylation is 1. The van der Waals surface area contributed by atoms with Crippen molar-refractivity contribution in [2.45, 2.75) is 106 Å². The lowest BCUT2D eigenvalue weighted by atomic mass is 9.80. The molecule has 2 unspecified atom stereocenters. The van der Waals surface area contributed by atoms with Gasteiger partial charge in [-0.25, -0.2) is 0 Å². The molecule has 2 radical (unpaired) electrons. The number of hydrogen-bond donors (Lipinski definition) is 0. The number of ether oxygens (including phenoxy) is 1. The minimum Gasteiger partial charge on any atom is -0.469 e. The van der Waals surface area contributed by atoms with Gasteiger partial charge in [0, 0.05) is 6.42 Å². The van der Waals surface area contributed by atoms with Gasteiger partial charge in [0.2, 0.25) is 18.1 Å². The number of hydrogen-bond acceptors (Lipinski definition) is 4. The van der Waals surface area contributed by atoms with Gasteiger partial charge in [-0.15, -0.1) is 0 Å². The molecule has 0 saturated carbocycles. The monoisotopic (exact) mass is 580 g/mol. The van der Waals surface area contributed by atoms with Crippen molar-refractivity contribution in [1.29, 1.82) is 0 Å². The Morgan fingerprint density at radius 1 is 0.775 bits per heavy atom.